The highest BCUT2D eigenvalue weighted by Crippen LogP contribution is 2.40. The van der Waals surface area contributed by atoms with Crippen molar-refractivity contribution in [3.8, 4) is 11.5 Å². The largest absolute Gasteiger partial charge is 0.493 e. The van der Waals surface area contributed by atoms with Gasteiger partial charge in [0.05, 0.1) is 20.3 Å². The van der Waals surface area contributed by atoms with Gasteiger partial charge in [0, 0.05) is 4.47 Å². The van der Waals surface area contributed by atoms with Crippen LogP contribution < -0.4 is 9.47 Å². The van der Waals surface area contributed by atoms with Gasteiger partial charge in [0.2, 0.25) is 0 Å². The van der Waals surface area contributed by atoms with Crippen molar-refractivity contribution in [2.75, 3.05) is 14.2 Å². The lowest BCUT2D eigenvalue weighted by Gasteiger charge is -2.28. The lowest BCUT2D eigenvalue weighted by molar-refractivity contribution is 0.117. The van der Waals surface area contributed by atoms with Gasteiger partial charge in [-0.1, -0.05) is 35.2 Å². The van der Waals surface area contributed by atoms with Gasteiger partial charge in [-0.25, -0.2) is 0 Å². The van der Waals surface area contributed by atoms with Gasteiger partial charge in [-0.15, -0.1) is 0 Å². The molecule has 0 amide bonds. The molecule has 2 rings (SSSR count). The normalized spacial score (nSPS) is 17.1. The highest BCUT2D eigenvalue weighted by Gasteiger charge is 2.24. The molecule has 0 spiro atoms. The van der Waals surface area contributed by atoms with Gasteiger partial charge in [-0.2, -0.15) is 0 Å². The highest BCUT2D eigenvalue weighted by atomic mass is 79.9. The molecule has 3 nitrogen and oxygen atoms in total. The monoisotopic (exact) mass is 314 g/mol. The zero-order valence-corrected chi connectivity index (χ0v) is 12.4. The van der Waals surface area contributed by atoms with Crippen LogP contribution in [0.1, 0.15) is 37.4 Å². The molecule has 1 aromatic carbocycles. The van der Waals surface area contributed by atoms with E-state index in [0.717, 1.165) is 16.5 Å². The fourth-order valence-electron chi connectivity index (χ4n) is 2.30. The van der Waals surface area contributed by atoms with Crippen molar-refractivity contribution in [3.05, 3.63) is 22.2 Å². The molecule has 1 unspecified atom stereocenters. The van der Waals surface area contributed by atoms with Crippen LogP contribution in [0.3, 0.4) is 0 Å². The first-order valence-corrected chi connectivity index (χ1v) is 7.04. The maximum absolute atomic E-state index is 10.3. The Morgan fingerprint density at radius 3 is 2.39 bits per heavy atom. The van der Waals surface area contributed by atoms with E-state index in [9.17, 15) is 5.11 Å². The van der Waals surface area contributed by atoms with Gasteiger partial charge in [0.15, 0.2) is 11.5 Å². The second kappa shape index (κ2) is 5.93. The summed E-state index contributed by atoms with van der Waals surface area (Å²) in [5.41, 5.74) is 0.875. The summed E-state index contributed by atoms with van der Waals surface area (Å²) < 4.78 is 11.4. The standard InChI is InChI=1S/C14H19BrO3/c1-17-13-7-10(11(15)8-14(13)18-2)12(16)6-9-4-3-5-9/h7-9,12,16H,3-6H2,1-2H3. The van der Waals surface area contributed by atoms with Gasteiger partial charge in [-0.05, 0) is 30.0 Å². The van der Waals surface area contributed by atoms with E-state index in [4.69, 9.17) is 9.47 Å². The number of aliphatic hydroxyl groups excluding tert-OH is 1. The maximum Gasteiger partial charge on any atom is 0.161 e. The Kier molecular flexibility index (Phi) is 4.51. The molecule has 1 N–H and O–H groups in total. The van der Waals surface area contributed by atoms with E-state index in [0.29, 0.717) is 17.4 Å². The fourth-order valence-corrected chi connectivity index (χ4v) is 2.88. The van der Waals surface area contributed by atoms with Crippen molar-refractivity contribution in [1.29, 1.82) is 0 Å². The van der Waals surface area contributed by atoms with Crippen LogP contribution in [0.15, 0.2) is 16.6 Å². The molecule has 0 saturated heterocycles. The first-order chi connectivity index (χ1) is 8.65. The molecule has 1 aliphatic rings. The van der Waals surface area contributed by atoms with E-state index >= 15 is 0 Å². The van der Waals surface area contributed by atoms with Gasteiger partial charge < -0.3 is 14.6 Å². The lowest BCUT2D eigenvalue weighted by Crippen LogP contribution is -2.15. The van der Waals surface area contributed by atoms with Crippen LogP contribution in [0, 0.1) is 5.92 Å². The van der Waals surface area contributed by atoms with Gasteiger partial charge in [0.1, 0.15) is 0 Å². The first kappa shape index (κ1) is 13.7. The molecule has 0 heterocycles. The van der Waals surface area contributed by atoms with Crippen LogP contribution in [0.25, 0.3) is 0 Å². The number of aliphatic hydroxyl groups is 1. The van der Waals surface area contributed by atoms with Crippen molar-refractivity contribution in [2.24, 2.45) is 5.92 Å². The Balaban J connectivity index is 2.20. The van der Waals surface area contributed by atoms with Gasteiger partial charge >= 0.3 is 0 Å². The van der Waals surface area contributed by atoms with Gasteiger partial charge in [-0.3, -0.25) is 0 Å². The molecule has 1 aromatic rings. The molecule has 1 saturated carbocycles. The summed E-state index contributed by atoms with van der Waals surface area (Å²) in [6.07, 6.45) is 4.16. The predicted octanol–water partition coefficient (Wildman–Crippen LogP) is 3.69. The summed E-state index contributed by atoms with van der Waals surface area (Å²) in [6.45, 7) is 0. The summed E-state index contributed by atoms with van der Waals surface area (Å²) in [5.74, 6) is 1.99. The summed E-state index contributed by atoms with van der Waals surface area (Å²) in [4.78, 5) is 0. The highest BCUT2D eigenvalue weighted by molar-refractivity contribution is 9.10. The zero-order valence-electron chi connectivity index (χ0n) is 10.8. The third-order valence-corrected chi connectivity index (χ3v) is 4.33. The number of halogens is 1. The van der Waals surface area contributed by atoms with Crippen molar-refractivity contribution in [2.45, 2.75) is 31.8 Å². The van der Waals surface area contributed by atoms with Crippen LogP contribution in [0.4, 0.5) is 0 Å². The molecule has 0 aliphatic heterocycles. The molecule has 0 aromatic heterocycles. The Morgan fingerprint density at radius 1 is 1.28 bits per heavy atom. The predicted molar refractivity (Wildman–Crippen MR) is 74.2 cm³/mol. The Labute approximate surface area is 116 Å². The smallest absolute Gasteiger partial charge is 0.161 e. The first-order valence-electron chi connectivity index (χ1n) is 6.25. The Bertz CT molecular complexity index is 416. The molecule has 1 fully saturated rings. The van der Waals surface area contributed by atoms with E-state index < -0.39 is 6.10 Å². The van der Waals surface area contributed by atoms with Crippen LogP contribution in [0.5, 0.6) is 11.5 Å². The van der Waals surface area contributed by atoms with Crippen LogP contribution >= 0.6 is 15.9 Å². The molecule has 0 radical (unpaired) electrons. The second-order valence-corrected chi connectivity index (χ2v) is 5.63. The van der Waals surface area contributed by atoms with Crippen molar-refractivity contribution in [3.63, 3.8) is 0 Å². The third kappa shape index (κ3) is 2.81. The zero-order chi connectivity index (χ0) is 13.1. The number of rotatable bonds is 5. The van der Waals surface area contributed by atoms with E-state index in [1.165, 1.54) is 19.3 Å². The minimum atomic E-state index is -0.440. The third-order valence-electron chi connectivity index (χ3n) is 3.64. The fraction of sp³-hybridized carbons (Fsp3) is 0.571. The molecular formula is C14H19BrO3. The van der Waals surface area contributed by atoms with Gasteiger partial charge in [0.25, 0.3) is 0 Å². The number of ether oxygens (including phenoxy) is 2. The van der Waals surface area contributed by atoms with Crippen LogP contribution in [0.2, 0.25) is 0 Å². The van der Waals surface area contributed by atoms with E-state index in [1.807, 2.05) is 12.1 Å². The molecule has 18 heavy (non-hydrogen) atoms. The molecule has 1 atom stereocenters. The average molecular weight is 315 g/mol. The molecule has 1 aliphatic carbocycles. The summed E-state index contributed by atoms with van der Waals surface area (Å²) in [6, 6.07) is 3.70. The van der Waals surface area contributed by atoms with Crippen molar-refractivity contribution >= 4 is 15.9 Å². The Hall–Kier alpha value is -0.740. The molecular weight excluding hydrogens is 296 g/mol. The SMILES string of the molecule is COc1cc(Br)c(C(O)CC2CCC2)cc1OC. The average Bonchev–Trinajstić information content (AvgIpc) is 2.33. The maximum atomic E-state index is 10.3. The topological polar surface area (TPSA) is 38.7 Å². The minimum Gasteiger partial charge on any atom is -0.493 e. The molecule has 4 heteroatoms. The Morgan fingerprint density at radius 2 is 1.89 bits per heavy atom. The molecule has 100 valence electrons. The quantitative estimate of drug-likeness (QED) is 0.900. The van der Waals surface area contributed by atoms with Crippen molar-refractivity contribution < 1.29 is 14.6 Å². The summed E-state index contributed by atoms with van der Waals surface area (Å²) in [7, 11) is 3.21. The van der Waals surface area contributed by atoms with Crippen LogP contribution in [-0.4, -0.2) is 19.3 Å². The van der Waals surface area contributed by atoms with E-state index in [-0.39, 0.29) is 0 Å². The molecule has 0 bridgehead atoms. The number of benzene rings is 1. The number of hydrogen-bond acceptors (Lipinski definition) is 3. The van der Waals surface area contributed by atoms with E-state index in [1.54, 1.807) is 14.2 Å². The van der Waals surface area contributed by atoms with E-state index in [2.05, 4.69) is 15.9 Å². The minimum absolute atomic E-state index is 0.440. The lowest BCUT2D eigenvalue weighted by atomic mass is 9.80. The summed E-state index contributed by atoms with van der Waals surface area (Å²) in [5, 5.41) is 10.3. The van der Waals surface area contributed by atoms with Crippen LogP contribution in [-0.2, 0) is 0 Å². The number of methoxy groups -OCH3 is 2. The number of hydrogen-bond donors (Lipinski definition) is 1. The van der Waals surface area contributed by atoms with Crippen molar-refractivity contribution in [1.82, 2.24) is 0 Å². The second-order valence-electron chi connectivity index (χ2n) is 4.78. The summed E-state index contributed by atoms with van der Waals surface area (Å²) >= 11 is 3.49.